The Morgan fingerprint density at radius 1 is 1.30 bits per heavy atom. The molecule has 0 amide bonds. The third kappa shape index (κ3) is 3.23. The summed E-state index contributed by atoms with van der Waals surface area (Å²) >= 11 is 0. The van der Waals surface area contributed by atoms with Crippen molar-refractivity contribution < 1.29 is 9.90 Å². The van der Waals surface area contributed by atoms with Crippen LogP contribution in [-0.4, -0.2) is 16.8 Å². The fourth-order valence-electron chi connectivity index (χ4n) is 2.35. The zero-order valence-corrected chi connectivity index (χ0v) is 11.8. The summed E-state index contributed by atoms with van der Waals surface area (Å²) in [5.74, 6) is -1.36. The summed E-state index contributed by atoms with van der Waals surface area (Å²) in [6.07, 6.45) is 8.21. The number of aliphatic carboxylic acids is 1. The first-order valence-corrected chi connectivity index (χ1v) is 6.84. The third-order valence-corrected chi connectivity index (χ3v) is 3.52. The molecule has 20 heavy (non-hydrogen) atoms. The molecule has 0 fully saturated rings. The summed E-state index contributed by atoms with van der Waals surface area (Å²) in [5, 5.41) is 9.33. The number of carboxylic acid groups (broad SMARTS) is 1. The van der Waals surface area contributed by atoms with E-state index in [1.165, 1.54) is 5.56 Å². The Kier molecular flexibility index (Phi) is 4.51. The molecule has 1 aliphatic rings. The normalized spacial score (nSPS) is 21.1. The van der Waals surface area contributed by atoms with E-state index >= 15 is 0 Å². The van der Waals surface area contributed by atoms with Crippen LogP contribution in [0.4, 0.5) is 5.69 Å². The van der Waals surface area contributed by atoms with Gasteiger partial charge in [0.15, 0.2) is 0 Å². The molecule has 0 saturated heterocycles. The fourth-order valence-corrected chi connectivity index (χ4v) is 2.35. The van der Waals surface area contributed by atoms with Crippen LogP contribution in [0.1, 0.15) is 18.9 Å². The Labute approximate surface area is 119 Å². The van der Waals surface area contributed by atoms with Crippen molar-refractivity contribution in [2.75, 3.05) is 0 Å². The molecule has 0 spiro atoms. The number of aliphatic imine (C=N–C) groups is 1. The smallest absolute Gasteiger partial charge is 0.307 e. The van der Waals surface area contributed by atoms with Gasteiger partial charge in [-0.1, -0.05) is 42.8 Å². The fraction of sp³-hybridized carbons (Fsp3) is 0.294. The molecule has 0 heterocycles. The molecule has 3 heteroatoms. The van der Waals surface area contributed by atoms with Crippen molar-refractivity contribution in [3.05, 3.63) is 54.1 Å². The van der Waals surface area contributed by atoms with Gasteiger partial charge >= 0.3 is 5.97 Å². The average molecular weight is 269 g/mol. The number of carboxylic acids is 1. The standard InChI is InChI=1S/C17H19NO2/c1-3-14(17(19)20)15-6-4-5-7-16(15)18-13-10-8-12(2)9-11-13/h4-11,14-15H,3H2,1-2H3,(H,19,20). The van der Waals surface area contributed by atoms with Crippen LogP contribution in [-0.2, 0) is 4.79 Å². The zero-order valence-electron chi connectivity index (χ0n) is 11.8. The Morgan fingerprint density at radius 2 is 2.00 bits per heavy atom. The molecule has 1 aromatic carbocycles. The first-order valence-electron chi connectivity index (χ1n) is 6.84. The van der Waals surface area contributed by atoms with E-state index in [2.05, 4.69) is 4.99 Å². The second-order valence-electron chi connectivity index (χ2n) is 4.99. The van der Waals surface area contributed by atoms with Crippen LogP contribution in [0.25, 0.3) is 0 Å². The maximum absolute atomic E-state index is 11.4. The van der Waals surface area contributed by atoms with Crippen LogP contribution < -0.4 is 0 Å². The van der Waals surface area contributed by atoms with Crippen molar-refractivity contribution in [1.82, 2.24) is 0 Å². The van der Waals surface area contributed by atoms with Gasteiger partial charge in [-0.05, 0) is 31.6 Å². The molecule has 1 N–H and O–H groups in total. The average Bonchev–Trinajstić information content (AvgIpc) is 2.43. The predicted octanol–water partition coefficient (Wildman–Crippen LogP) is 3.92. The van der Waals surface area contributed by atoms with Crippen molar-refractivity contribution in [3.8, 4) is 0 Å². The highest BCUT2D eigenvalue weighted by molar-refractivity contribution is 6.02. The van der Waals surface area contributed by atoms with E-state index in [-0.39, 0.29) is 5.92 Å². The molecule has 0 bridgehead atoms. The molecule has 104 valence electrons. The van der Waals surface area contributed by atoms with Gasteiger partial charge in [0, 0.05) is 11.6 Å². The quantitative estimate of drug-likeness (QED) is 0.900. The minimum Gasteiger partial charge on any atom is -0.481 e. The molecule has 3 nitrogen and oxygen atoms in total. The van der Waals surface area contributed by atoms with Crippen LogP contribution in [0.2, 0.25) is 0 Å². The van der Waals surface area contributed by atoms with Gasteiger partial charge in [0.2, 0.25) is 0 Å². The summed E-state index contributed by atoms with van der Waals surface area (Å²) < 4.78 is 0. The van der Waals surface area contributed by atoms with Crippen LogP contribution in [0.3, 0.4) is 0 Å². The highest BCUT2D eigenvalue weighted by Gasteiger charge is 2.28. The van der Waals surface area contributed by atoms with Crippen molar-refractivity contribution in [2.24, 2.45) is 16.8 Å². The minimum absolute atomic E-state index is 0.163. The highest BCUT2D eigenvalue weighted by Crippen LogP contribution is 2.25. The second-order valence-corrected chi connectivity index (χ2v) is 4.99. The van der Waals surface area contributed by atoms with E-state index < -0.39 is 11.9 Å². The maximum Gasteiger partial charge on any atom is 0.307 e. The van der Waals surface area contributed by atoms with Gasteiger partial charge in [-0.15, -0.1) is 0 Å². The van der Waals surface area contributed by atoms with Gasteiger partial charge < -0.3 is 5.11 Å². The molecule has 2 rings (SSSR count). The first-order chi connectivity index (χ1) is 9.61. The topological polar surface area (TPSA) is 49.7 Å². The van der Waals surface area contributed by atoms with Crippen molar-refractivity contribution >= 4 is 17.4 Å². The van der Waals surface area contributed by atoms with Gasteiger partial charge in [0.05, 0.1) is 11.6 Å². The Bertz CT molecular complexity index is 567. The number of hydrogen-bond donors (Lipinski definition) is 1. The summed E-state index contributed by atoms with van der Waals surface area (Å²) in [6, 6.07) is 7.91. The molecule has 0 radical (unpaired) electrons. The molecular weight excluding hydrogens is 250 g/mol. The van der Waals surface area contributed by atoms with Crippen LogP contribution in [0, 0.1) is 18.8 Å². The van der Waals surface area contributed by atoms with Gasteiger partial charge in [0.1, 0.15) is 0 Å². The molecule has 0 aromatic heterocycles. The lowest BCUT2D eigenvalue weighted by Crippen LogP contribution is -2.28. The number of nitrogens with zero attached hydrogens (tertiary/aromatic N) is 1. The Morgan fingerprint density at radius 3 is 2.60 bits per heavy atom. The van der Waals surface area contributed by atoms with Gasteiger partial charge in [-0.25, -0.2) is 0 Å². The summed E-state index contributed by atoms with van der Waals surface area (Å²) in [5.41, 5.74) is 2.85. The van der Waals surface area contributed by atoms with Crippen molar-refractivity contribution in [3.63, 3.8) is 0 Å². The largest absolute Gasteiger partial charge is 0.481 e. The Hall–Kier alpha value is -2.16. The molecule has 0 saturated carbocycles. The zero-order chi connectivity index (χ0) is 14.5. The lowest BCUT2D eigenvalue weighted by molar-refractivity contribution is -0.142. The maximum atomic E-state index is 11.4. The summed E-state index contributed by atoms with van der Waals surface area (Å²) in [6.45, 7) is 3.93. The molecular formula is C17H19NO2. The van der Waals surface area contributed by atoms with E-state index in [1.807, 2.05) is 62.4 Å². The van der Waals surface area contributed by atoms with E-state index in [0.29, 0.717) is 6.42 Å². The number of carbonyl (C=O) groups is 1. The predicted molar refractivity (Wildman–Crippen MR) is 81.5 cm³/mol. The second kappa shape index (κ2) is 6.33. The number of aryl methyl sites for hydroxylation is 1. The Balaban J connectivity index is 2.32. The van der Waals surface area contributed by atoms with E-state index in [4.69, 9.17) is 0 Å². The number of rotatable bonds is 4. The number of hydrogen-bond acceptors (Lipinski definition) is 2. The van der Waals surface area contributed by atoms with Gasteiger partial charge in [-0.2, -0.15) is 0 Å². The lowest BCUT2D eigenvalue weighted by Gasteiger charge is -2.22. The highest BCUT2D eigenvalue weighted by atomic mass is 16.4. The first kappa shape index (κ1) is 14.3. The number of benzene rings is 1. The minimum atomic E-state index is -0.769. The van der Waals surface area contributed by atoms with Crippen LogP contribution >= 0.6 is 0 Å². The van der Waals surface area contributed by atoms with Crippen molar-refractivity contribution in [1.29, 1.82) is 0 Å². The molecule has 1 aromatic rings. The van der Waals surface area contributed by atoms with E-state index in [1.54, 1.807) is 0 Å². The molecule has 0 aliphatic heterocycles. The summed E-state index contributed by atoms with van der Waals surface area (Å²) in [4.78, 5) is 16.0. The van der Waals surface area contributed by atoms with Crippen LogP contribution in [0.5, 0.6) is 0 Å². The third-order valence-electron chi connectivity index (χ3n) is 3.52. The summed E-state index contributed by atoms with van der Waals surface area (Å²) in [7, 11) is 0. The van der Waals surface area contributed by atoms with E-state index in [9.17, 15) is 9.90 Å². The van der Waals surface area contributed by atoms with Crippen molar-refractivity contribution in [2.45, 2.75) is 20.3 Å². The SMILES string of the molecule is CCC(C(=O)O)C1C=CC=CC1=Nc1ccc(C)cc1. The number of allylic oxidation sites excluding steroid dienone is 4. The molecule has 2 unspecified atom stereocenters. The monoisotopic (exact) mass is 269 g/mol. The van der Waals surface area contributed by atoms with Crippen LogP contribution in [0.15, 0.2) is 53.6 Å². The molecule has 2 atom stereocenters. The van der Waals surface area contributed by atoms with Gasteiger partial charge in [-0.3, -0.25) is 9.79 Å². The van der Waals surface area contributed by atoms with Gasteiger partial charge in [0.25, 0.3) is 0 Å². The lowest BCUT2D eigenvalue weighted by atomic mass is 9.83. The molecule has 1 aliphatic carbocycles. The van der Waals surface area contributed by atoms with E-state index in [0.717, 1.165) is 11.4 Å².